The van der Waals surface area contributed by atoms with Crippen LogP contribution in [0.15, 0.2) is 0 Å². The number of rotatable bonds is 0. The third-order valence-corrected chi connectivity index (χ3v) is 0. The fraction of sp³-hybridized carbons (Fsp3) is 0. The zero-order valence-electron chi connectivity index (χ0n) is 1.45. The van der Waals surface area contributed by atoms with Gasteiger partial charge in [-0.3, -0.25) is 0 Å². The first-order valence-corrected chi connectivity index (χ1v) is 0.447. The summed E-state index contributed by atoms with van der Waals surface area (Å²) in [4.78, 5) is 2.00. The summed E-state index contributed by atoms with van der Waals surface area (Å²) in [6.45, 7) is 0. The topological polar surface area (TPSA) is 61.8 Å². The monoisotopic (exact) mass is 58.1 g/mol. The molecule has 0 atom stereocenters. The molecule has 0 aliphatic rings. The summed E-state index contributed by atoms with van der Waals surface area (Å²) in [7, 11) is 0. The molecule has 0 fully saturated rings. The Balaban J connectivity index is 0. The van der Waals surface area contributed by atoms with E-state index >= 15 is 0 Å². The van der Waals surface area contributed by atoms with Crippen molar-refractivity contribution in [3.05, 3.63) is 0 Å². The highest BCUT2D eigenvalue weighted by atomic mass is 15.0. The van der Waals surface area contributed by atoms with Crippen LogP contribution >= 0.6 is 0 Å². The number of nitrogens with one attached hydrogen (secondary N) is 2. The predicted octanol–water partition coefficient (Wildman–Crippen LogP) is -1.07. The Bertz CT molecular complexity index is 24.3. The summed E-state index contributed by atoms with van der Waals surface area (Å²) in [6, 6.07) is 0. The lowest BCUT2D eigenvalue weighted by Crippen LogP contribution is -1.24. The highest BCUT2D eigenvalue weighted by molar-refractivity contribution is 5.75. The van der Waals surface area contributed by atoms with Crippen molar-refractivity contribution in [1.29, 1.82) is 11.1 Å². The highest BCUT2D eigenvalue weighted by Crippen LogP contribution is 0.841. The van der Waals surface area contributed by atoms with Gasteiger partial charge in [-0.1, -0.05) is 0 Å². The summed E-state index contributed by atoms with van der Waals surface area (Å²) in [5.41, 5.74) is 11.0. The lowest BCUT2D eigenvalue weighted by molar-refractivity contribution is 0.928. The molecule has 0 aromatic rings. The van der Waals surface area contributed by atoms with Crippen LogP contribution in [0.4, 0.5) is 0 Å². The van der Waals surface area contributed by atoms with E-state index in [9.17, 15) is 0 Å². The normalized spacial score (nSPS) is 2.00. The van der Waals surface area contributed by atoms with E-state index in [0.717, 1.165) is 0 Å². The molecule has 0 saturated carbocycles. The fourth-order valence-electron chi connectivity index (χ4n) is 0. The van der Waals surface area contributed by atoms with Gasteiger partial charge in [-0.15, -0.1) is 0 Å². The van der Waals surface area contributed by atoms with Gasteiger partial charge in [0.2, 0.25) is 4.91 Å². The Hall–Kier alpha value is -0.625. The van der Waals surface area contributed by atoms with Gasteiger partial charge in [-0.25, -0.2) is 0 Å². The van der Waals surface area contributed by atoms with Crippen LogP contribution in [0.5, 0.6) is 0 Å². The van der Waals surface area contributed by atoms with Crippen molar-refractivity contribution < 1.29 is 0 Å². The maximum absolute atomic E-state index is 5.50. The molecule has 0 unspecified atom stereocenters. The molecular formula is H5BN3+. The van der Waals surface area contributed by atoms with E-state index in [1.165, 1.54) is 0 Å². The Kier molecular flexibility index (Phi) is 80.4. The molecule has 0 aromatic heterocycles. The molecule has 22 valence electrons. The summed E-state index contributed by atoms with van der Waals surface area (Å²) < 4.78 is 0. The molecular weight excluding hydrogens is 52.8 g/mol. The van der Waals surface area contributed by atoms with Gasteiger partial charge in [-0.05, 0) is 0 Å². The Morgan fingerprint density at radius 1 is 1.25 bits per heavy atom. The Labute approximate surface area is 25.6 Å². The van der Waals surface area contributed by atoms with E-state index in [2.05, 4.69) is 0 Å². The SMILES string of the molecule is B.N=[N+]=N. The standard InChI is InChI=1S/BH3.H2N3/c;1-3-2/h1H3;1-2H/q;+1. The van der Waals surface area contributed by atoms with E-state index in [0.29, 0.717) is 0 Å². The molecule has 0 rings (SSSR count). The van der Waals surface area contributed by atoms with Crippen LogP contribution in [0.2, 0.25) is 0 Å². The first kappa shape index (κ1) is 10.1. The third-order valence-electron chi connectivity index (χ3n) is 0. The fourth-order valence-corrected chi connectivity index (χ4v) is 0. The summed E-state index contributed by atoms with van der Waals surface area (Å²) in [5.74, 6) is 0. The Morgan fingerprint density at radius 3 is 1.25 bits per heavy atom. The largest absolute Gasteiger partial charge is 0.211 e. The van der Waals surface area contributed by atoms with Gasteiger partial charge < -0.3 is 0 Å². The second-order valence-corrected chi connectivity index (χ2v) is 0.112. The Morgan fingerprint density at radius 2 is 1.25 bits per heavy atom. The number of hydrogen-bond donors (Lipinski definition) is 2. The first-order valence-electron chi connectivity index (χ1n) is 0.447. The van der Waals surface area contributed by atoms with Crippen molar-refractivity contribution in [2.24, 2.45) is 0 Å². The second kappa shape index (κ2) is 31.9. The second-order valence-electron chi connectivity index (χ2n) is 0.112. The summed E-state index contributed by atoms with van der Waals surface area (Å²) in [6.07, 6.45) is 0. The van der Waals surface area contributed by atoms with Crippen LogP contribution in [0.25, 0.3) is 0 Å². The van der Waals surface area contributed by atoms with Crippen LogP contribution in [-0.4, -0.2) is 8.41 Å². The average Bonchev–Trinajstić information content (AvgIpc) is 0.918. The van der Waals surface area contributed by atoms with Gasteiger partial charge in [0, 0.05) is 0 Å². The molecule has 0 spiro atoms. The van der Waals surface area contributed by atoms with Gasteiger partial charge in [0.15, 0.2) is 0 Å². The van der Waals surface area contributed by atoms with Gasteiger partial charge in [0.25, 0.3) is 0 Å². The maximum Gasteiger partial charge on any atom is 0.211 e. The highest BCUT2D eigenvalue weighted by Gasteiger charge is 1.16. The van der Waals surface area contributed by atoms with Gasteiger partial charge >= 0.3 is 0 Å². The predicted molar refractivity (Wildman–Crippen MR) is 17.5 cm³/mol. The van der Waals surface area contributed by atoms with Crippen molar-refractivity contribution >= 4 is 8.41 Å². The molecule has 0 heterocycles. The molecule has 3 nitrogen and oxygen atoms in total. The maximum atomic E-state index is 5.50. The molecule has 0 bridgehead atoms. The molecule has 0 amide bonds. The van der Waals surface area contributed by atoms with E-state index < -0.39 is 0 Å². The van der Waals surface area contributed by atoms with Crippen LogP contribution in [-0.2, 0) is 0 Å². The molecule has 0 aliphatic heterocycles. The van der Waals surface area contributed by atoms with E-state index in [1.807, 2.05) is 4.91 Å². The van der Waals surface area contributed by atoms with E-state index in [4.69, 9.17) is 11.1 Å². The van der Waals surface area contributed by atoms with Crippen LogP contribution in [0, 0.1) is 11.1 Å². The van der Waals surface area contributed by atoms with Crippen molar-refractivity contribution in [2.45, 2.75) is 0 Å². The molecule has 0 saturated heterocycles. The molecule has 0 aliphatic carbocycles. The smallest absolute Gasteiger partial charge is 0.0814 e. The van der Waals surface area contributed by atoms with E-state index in [1.54, 1.807) is 0 Å². The molecule has 4 heteroatoms. The molecule has 0 radical (unpaired) electrons. The van der Waals surface area contributed by atoms with Crippen molar-refractivity contribution in [1.82, 2.24) is 4.91 Å². The third kappa shape index (κ3) is 0.495. The minimum Gasteiger partial charge on any atom is 0.0814 e. The minimum absolute atomic E-state index is 0. The summed E-state index contributed by atoms with van der Waals surface area (Å²) >= 11 is 0. The average molecular weight is 57.9 g/mol. The zero-order chi connectivity index (χ0) is 2.71. The van der Waals surface area contributed by atoms with E-state index in [-0.39, 0.29) is 8.41 Å². The summed E-state index contributed by atoms with van der Waals surface area (Å²) in [5, 5.41) is 0. The number of nitrogens with zero attached hydrogens (tertiary/aromatic N) is 1. The van der Waals surface area contributed by atoms with Gasteiger partial charge in [-0.2, -0.15) is 0 Å². The van der Waals surface area contributed by atoms with Crippen LogP contribution in [0.1, 0.15) is 0 Å². The first-order chi connectivity index (χ1) is 1.41. The zero-order valence-corrected chi connectivity index (χ0v) is 1.45. The molecule has 2 N–H and O–H groups in total. The van der Waals surface area contributed by atoms with Crippen molar-refractivity contribution in [3.63, 3.8) is 0 Å². The van der Waals surface area contributed by atoms with Crippen molar-refractivity contribution in [2.75, 3.05) is 0 Å². The van der Waals surface area contributed by atoms with Crippen molar-refractivity contribution in [3.8, 4) is 0 Å². The van der Waals surface area contributed by atoms with Crippen LogP contribution in [0.3, 0.4) is 0 Å². The van der Waals surface area contributed by atoms with Gasteiger partial charge in [0.05, 0.1) is 8.41 Å². The quantitative estimate of drug-likeness (QED) is 0.202. The van der Waals surface area contributed by atoms with Gasteiger partial charge in [0.1, 0.15) is 11.1 Å². The minimum atomic E-state index is 0. The lowest BCUT2D eigenvalue weighted by atomic mass is 10.8. The van der Waals surface area contributed by atoms with Crippen LogP contribution < -0.4 is 4.91 Å². The molecule has 4 heavy (non-hydrogen) atoms. The number of hydrogen-bond acceptors (Lipinski definition) is 2. The molecule has 0 aromatic carbocycles. The lowest BCUT2D eigenvalue weighted by Gasteiger charge is -0.844.